The summed E-state index contributed by atoms with van der Waals surface area (Å²) in [7, 11) is 0. The Morgan fingerprint density at radius 2 is 2.12 bits per heavy atom. The van der Waals surface area contributed by atoms with Gasteiger partial charge in [0.05, 0.1) is 35.8 Å². The van der Waals surface area contributed by atoms with Gasteiger partial charge in [-0.25, -0.2) is 15.0 Å². The average Bonchev–Trinajstić information content (AvgIpc) is 3.10. The van der Waals surface area contributed by atoms with Crippen molar-refractivity contribution in [3.63, 3.8) is 0 Å². The third-order valence-electron chi connectivity index (χ3n) is 3.88. The Morgan fingerprint density at radius 1 is 1.23 bits per heavy atom. The summed E-state index contributed by atoms with van der Waals surface area (Å²) in [5, 5.41) is 0. The number of thiazole rings is 1. The molecule has 1 aliphatic rings. The second kappa shape index (κ2) is 8.15. The highest BCUT2D eigenvalue weighted by molar-refractivity contribution is 8.00. The first-order valence-corrected chi connectivity index (χ1v) is 10.3. The summed E-state index contributed by atoms with van der Waals surface area (Å²) in [4.78, 5) is 20.0. The normalized spacial score (nSPS) is 14.7. The summed E-state index contributed by atoms with van der Waals surface area (Å²) in [6.07, 6.45) is 1.58. The topological polar surface area (TPSA) is 73.3 Å². The van der Waals surface area contributed by atoms with Crippen LogP contribution in [-0.4, -0.2) is 52.8 Å². The number of morpholine rings is 1. The molecule has 0 spiro atoms. The summed E-state index contributed by atoms with van der Waals surface area (Å²) in [6.45, 7) is 5.71. The lowest BCUT2D eigenvalue weighted by Crippen LogP contribution is -2.37. The third-order valence-corrected chi connectivity index (χ3v) is 6.04. The first-order valence-electron chi connectivity index (χ1n) is 8.48. The fraction of sp³-hybridized carbons (Fsp3) is 0.412. The van der Waals surface area contributed by atoms with E-state index in [0.29, 0.717) is 25.6 Å². The zero-order valence-electron chi connectivity index (χ0n) is 14.4. The maximum atomic E-state index is 5.55. The van der Waals surface area contributed by atoms with Crippen LogP contribution in [0.3, 0.4) is 0 Å². The predicted octanol–water partition coefficient (Wildman–Crippen LogP) is 3.01. The fourth-order valence-electron chi connectivity index (χ4n) is 2.63. The Hall–Kier alpha value is -1.97. The van der Waals surface area contributed by atoms with Crippen LogP contribution < -0.4 is 9.64 Å². The third kappa shape index (κ3) is 4.05. The number of aromatic nitrogens is 4. The summed E-state index contributed by atoms with van der Waals surface area (Å²) in [5.74, 6) is 3.04. The number of thioether (sulfide) groups is 1. The molecule has 26 heavy (non-hydrogen) atoms. The summed E-state index contributed by atoms with van der Waals surface area (Å²) >= 11 is 3.31. The van der Waals surface area contributed by atoms with Gasteiger partial charge in [-0.05, 0) is 25.1 Å². The lowest BCUT2D eigenvalue weighted by atomic mass is 10.3. The van der Waals surface area contributed by atoms with E-state index in [-0.39, 0.29) is 0 Å². The molecule has 9 heteroatoms. The van der Waals surface area contributed by atoms with Gasteiger partial charge in [-0.2, -0.15) is 4.98 Å². The predicted molar refractivity (Wildman–Crippen MR) is 103 cm³/mol. The molecule has 0 bridgehead atoms. The highest BCUT2D eigenvalue weighted by Crippen LogP contribution is 2.33. The quantitative estimate of drug-likeness (QED) is 0.596. The van der Waals surface area contributed by atoms with Gasteiger partial charge in [0, 0.05) is 13.1 Å². The number of nitrogens with zero attached hydrogens (tertiary/aromatic N) is 5. The fourth-order valence-corrected chi connectivity index (χ4v) is 4.60. The van der Waals surface area contributed by atoms with Gasteiger partial charge in [0.1, 0.15) is 17.9 Å². The Balaban J connectivity index is 1.44. The molecule has 1 aliphatic heterocycles. The van der Waals surface area contributed by atoms with Crippen molar-refractivity contribution in [1.29, 1.82) is 0 Å². The second-order valence-corrected chi connectivity index (χ2v) is 7.89. The Morgan fingerprint density at radius 3 is 2.96 bits per heavy atom. The molecule has 0 radical (unpaired) electrons. The minimum atomic E-state index is 0.663. The molecule has 3 heterocycles. The molecule has 1 aromatic carbocycles. The molecular weight excluding hydrogens is 370 g/mol. The van der Waals surface area contributed by atoms with Gasteiger partial charge in [-0.15, -0.1) is 11.3 Å². The maximum absolute atomic E-state index is 5.55. The molecule has 136 valence electrons. The molecule has 0 unspecified atom stereocenters. The van der Waals surface area contributed by atoms with E-state index < -0.39 is 0 Å². The lowest BCUT2D eigenvalue weighted by molar-refractivity contribution is 0.122. The number of anilines is 1. The van der Waals surface area contributed by atoms with Crippen molar-refractivity contribution in [2.75, 3.05) is 37.8 Å². The summed E-state index contributed by atoms with van der Waals surface area (Å²) in [5.41, 5.74) is 0.991. The van der Waals surface area contributed by atoms with E-state index in [2.05, 4.69) is 24.8 Å². The zero-order chi connectivity index (χ0) is 17.8. The second-order valence-electron chi connectivity index (χ2n) is 5.63. The van der Waals surface area contributed by atoms with Crippen molar-refractivity contribution >= 4 is 39.3 Å². The van der Waals surface area contributed by atoms with Gasteiger partial charge in [-0.1, -0.05) is 11.8 Å². The van der Waals surface area contributed by atoms with E-state index in [1.54, 1.807) is 29.4 Å². The number of hydrogen-bond acceptors (Lipinski definition) is 9. The smallest absolute Gasteiger partial charge is 0.228 e. The Labute approximate surface area is 159 Å². The summed E-state index contributed by atoms with van der Waals surface area (Å²) in [6, 6.07) is 6.00. The van der Waals surface area contributed by atoms with E-state index >= 15 is 0 Å². The summed E-state index contributed by atoms with van der Waals surface area (Å²) < 4.78 is 13.1. The number of rotatable bonds is 6. The standard InChI is InChI=1S/C17H19N5O2S2/c1-2-24-12-3-4-13-14(9-12)26-17(20-13)25-10-15-18-11-19-16(21-15)22-5-7-23-8-6-22/h3-4,9,11H,2,5-8,10H2,1H3. The Kier molecular flexibility index (Phi) is 5.47. The van der Waals surface area contributed by atoms with Crippen molar-refractivity contribution in [2.24, 2.45) is 0 Å². The van der Waals surface area contributed by atoms with Crippen molar-refractivity contribution in [2.45, 2.75) is 17.0 Å². The van der Waals surface area contributed by atoms with Crippen molar-refractivity contribution in [1.82, 2.24) is 19.9 Å². The van der Waals surface area contributed by atoms with Crippen LogP contribution in [0.2, 0.25) is 0 Å². The molecule has 2 aromatic heterocycles. The number of ether oxygens (including phenoxy) is 2. The molecule has 1 saturated heterocycles. The van der Waals surface area contributed by atoms with Crippen LogP contribution in [0, 0.1) is 0 Å². The van der Waals surface area contributed by atoms with Crippen molar-refractivity contribution in [3.8, 4) is 5.75 Å². The maximum Gasteiger partial charge on any atom is 0.228 e. The molecule has 7 nitrogen and oxygen atoms in total. The van der Waals surface area contributed by atoms with Crippen LogP contribution in [0.15, 0.2) is 28.9 Å². The highest BCUT2D eigenvalue weighted by Gasteiger charge is 2.15. The van der Waals surface area contributed by atoms with Gasteiger partial charge in [0.2, 0.25) is 5.95 Å². The van der Waals surface area contributed by atoms with Crippen LogP contribution in [0.1, 0.15) is 12.7 Å². The highest BCUT2D eigenvalue weighted by atomic mass is 32.2. The Bertz CT molecular complexity index is 882. The first-order chi connectivity index (χ1) is 12.8. The molecule has 0 saturated carbocycles. The molecule has 3 aromatic rings. The van der Waals surface area contributed by atoms with E-state index in [1.807, 2.05) is 25.1 Å². The number of hydrogen-bond donors (Lipinski definition) is 0. The van der Waals surface area contributed by atoms with Crippen molar-refractivity contribution in [3.05, 3.63) is 30.4 Å². The monoisotopic (exact) mass is 389 g/mol. The molecule has 4 rings (SSSR count). The van der Waals surface area contributed by atoms with E-state index in [0.717, 1.165) is 45.2 Å². The van der Waals surface area contributed by atoms with Crippen LogP contribution >= 0.6 is 23.1 Å². The molecule has 0 N–H and O–H groups in total. The van der Waals surface area contributed by atoms with Gasteiger partial charge < -0.3 is 14.4 Å². The van der Waals surface area contributed by atoms with Crippen LogP contribution in [-0.2, 0) is 10.5 Å². The van der Waals surface area contributed by atoms with E-state index in [1.165, 1.54) is 0 Å². The number of benzene rings is 1. The zero-order valence-corrected chi connectivity index (χ0v) is 16.1. The van der Waals surface area contributed by atoms with Gasteiger partial charge in [-0.3, -0.25) is 0 Å². The number of fused-ring (bicyclic) bond motifs is 1. The van der Waals surface area contributed by atoms with Crippen LogP contribution in [0.4, 0.5) is 5.95 Å². The van der Waals surface area contributed by atoms with Gasteiger partial charge >= 0.3 is 0 Å². The van der Waals surface area contributed by atoms with E-state index in [9.17, 15) is 0 Å². The SMILES string of the molecule is CCOc1ccc2nc(SCc3ncnc(N4CCOCC4)n3)sc2c1. The van der Waals surface area contributed by atoms with E-state index in [4.69, 9.17) is 9.47 Å². The minimum absolute atomic E-state index is 0.663. The molecular formula is C17H19N5O2S2. The van der Waals surface area contributed by atoms with Crippen LogP contribution in [0.25, 0.3) is 10.2 Å². The largest absolute Gasteiger partial charge is 0.494 e. The molecule has 0 atom stereocenters. The minimum Gasteiger partial charge on any atom is -0.494 e. The average molecular weight is 390 g/mol. The molecule has 0 amide bonds. The van der Waals surface area contributed by atoms with Crippen molar-refractivity contribution < 1.29 is 9.47 Å². The molecule has 1 fully saturated rings. The van der Waals surface area contributed by atoms with Gasteiger partial charge in [0.25, 0.3) is 0 Å². The van der Waals surface area contributed by atoms with Crippen LogP contribution in [0.5, 0.6) is 5.75 Å². The lowest BCUT2D eigenvalue weighted by Gasteiger charge is -2.26. The van der Waals surface area contributed by atoms with Gasteiger partial charge in [0.15, 0.2) is 4.34 Å². The molecule has 0 aliphatic carbocycles. The first kappa shape index (κ1) is 17.4.